The zero-order valence-corrected chi connectivity index (χ0v) is 29.1. The van der Waals surface area contributed by atoms with Gasteiger partial charge in [-0.25, -0.2) is 9.18 Å². The summed E-state index contributed by atoms with van der Waals surface area (Å²) < 4.78 is 22.2. The Hall–Kier alpha value is -5.19. The Morgan fingerprint density at radius 3 is 2.57 bits per heavy atom. The fourth-order valence-electron chi connectivity index (χ4n) is 6.72. The van der Waals surface area contributed by atoms with Crippen LogP contribution in [0.3, 0.4) is 0 Å². The summed E-state index contributed by atoms with van der Waals surface area (Å²) in [4.78, 5) is 50.6. The first-order valence-electron chi connectivity index (χ1n) is 16.9. The van der Waals surface area contributed by atoms with Crippen LogP contribution in [0.15, 0.2) is 48.4 Å². The quantitative estimate of drug-likeness (QED) is 0.149. The molecule has 0 unspecified atom stereocenters. The fourth-order valence-corrected chi connectivity index (χ4v) is 6.72. The highest BCUT2D eigenvalue weighted by molar-refractivity contribution is 6.00. The molecule has 2 aromatic heterocycles. The van der Waals surface area contributed by atoms with Crippen LogP contribution in [0, 0.1) is 5.82 Å². The summed E-state index contributed by atoms with van der Waals surface area (Å²) in [6.07, 6.45) is 4.65. The van der Waals surface area contributed by atoms with Crippen LogP contribution in [0.25, 0.3) is 32.9 Å². The minimum Gasteiger partial charge on any atom is -0.481 e. The maximum Gasteiger partial charge on any atom is 0.340 e. The number of methoxy groups -OCH3 is 1. The van der Waals surface area contributed by atoms with E-state index in [4.69, 9.17) is 9.84 Å². The van der Waals surface area contributed by atoms with Crippen molar-refractivity contribution < 1.29 is 33.4 Å². The number of benzene rings is 2. The molecule has 0 aliphatic carbocycles. The molecule has 15 nitrogen and oxygen atoms in total. The number of carboxylic acid groups (broad SMARTS) is 1. The summed E-state index contributed by atoms with van der Waals surface area (Å²) in [6.45, 7) is 7.07. The van der Waals surface area contributed by atoms with Crippen LogP contribution < -0.4 is 20.9 Å². The van der Waals surface area contributed by atoms with E-state index < -0.39 is 11.8 Å². The predicted octanol–water partition coefficient (Wildman–Crippen LogP) is 2.83. The smallest absolute Gasteiger partial charge is 0.340 e. The minimum atomic E-state index is -1.05. The number of halogens is 1. The van der Waals surface area contributed by atoms with Crippen molar-refractivity contribution in [3.05, 3.63) is 59.9 Å². The van der Waals surface area contributed by atoms with Gasteiger partial charge in [-0.15, -0.1) is 15.2 Å². The number of aromatic nitrogens is 4. The van der Waals surface area contributed by atoms with Gasteiger partial charge in [-0.1, -0.05) is 16.9 Å². The maximum atomic E-state index is 15.8. The average Bonchev–Trinajstić information content (AvgIpc) is 3.83. The van der Waals surface area contributed by atoms with Crippen molar-refractivity contribution in [3.8, 4) is 11.1 Å². The number of amides is 2. The molecule has 2 amide bonds. The molecule has 0 saturated carbocycles. The lowest BCUT2D eigenvalue weighted by Gasteiger charge is -2.39. The molecule has 1 fully saturated rings. The third-order valence-electron chi connectivity index (χ3n) is 9.52. The van der Waals surface area contributed by atoms with Gasteiger partial charge in [0.15, 0.2) is 0 Å². The maximum absolute atomic E-state index is 15.8. The van der Waals surface area contributed by atoms with Crippen molar-refractivity contribution in [2.24, 2.45) is 0 Å². The second-order valence-electron chi connectivity index (χ2n) is 13.9. The van der Waals surface area contributed by atoms with Crippen LogP contribution in [0.5, 0.6) is 0 Å². The number of carboxylic acids is 1. The van der Waals surface area contributed by atoms with Gasteiger partial charge in [0.1, 0.15) is 37.3 Å². The van der Waals surface area contributed by atoms with E-state index in [1.165, 1.54) is 6.07 Å². The molecular formula is C35H43FN9O6+. The number of nitrogens with one attached hydrogen (secondary N) is 3. The zero-order chi connectivity index (χ0) is 36.5. The summed E-state index contributed by atoms with van der Waals surface area (Å²) >= 11 is 0. The Morgan fingerprint density at radius 1 is 1.14 bits per heavy atom. The van der Waals surface area contributed by atoms with Crippen molar-refractivity contribution in [2.45, 2.75) is 64.5 Å². The largest absolute Gasteiger partial charge is 0.481 e. The van der Waals surface area contributed by atoms with E-state index in [0.717, 1.165) is 17.4 Å². The van der Waals surface area contributed by atoms with Crippen LogP contribution in [0.4, 0.5) is 4.39 Å². The van der Waals surface area contributed by atoms with Gasteiger partial charge in [0.2, 0.25) is 5.91 Å². The number of hydrogen-bond acceptors (Lipinski definition) is 10. The van der Waals surface area contributed by atoms with Crippen LogP contribution in [0.2, 0.25) is 0 Å². The van der Waals surface area contributed by atoms with Crippen LogP contribution in [-0.2, 0) is 30.5 Å². The third kappa shape index (κ3) is 7.20. The molecular weight excluding hydrogens is 661 g/mol. The molecule has 51 heavy (non-hydrogen) atoms. The first-order valence-corrected chi connectivity index (χ1v) is 16.9. The number of ether oxygens (including phenoxy) is 1. The van der Waals surface area contributed by atoms with Crippen molar-refractivity contribution in [1.29, 1.82) is 0 Å². The van der Waals surface area contributed by atoms with E-state index in [1.807, 2.05) is 39.0 Å². The topological polar surface area (TPSA) is 173 Å². The van der Waals surface area contributed by atoms with E-state index in [9.17, 15) is 24.3 Å². The molecule has 0 spiro atoms. The summed E-state index contributed by atoms with van der Waals surface area (Å²) in [5.41, 5.74) is 9.39. The summed E-state index contributed by atoms with van der Waals surface area (Å²) in [5, 5.41) is 24.5. The van der Waals surface area contributed by atoms with Gasteiger partial charge in [-0.05, 0) is 44.5 Å². The molecule has 4 bridgehead atoms. The Labute approximate surface area is 293 Å². The molecule has 16 heteroatoms. The Morgan fingerprint density at radius 2 is 1.88 bits per heavy atom. The number of piperidine rings is 1. The lowest BCUT2D eigenvalue weighted by atomic mass is 9.88. The molecule has 4 N–H and O–H groups in total. The standard InChI is InChI=1S/C30H30FN9O5.C5H12O/c31-23-12-19-14-33-39-25(19)13-22(23)21-2-1-3-24-29(21)30(18-6-9-40(39,10-7-18)27(43)4-5-28(44)45)35-38(24)17-26(42)32-15-20-16-37(8-11-41)36-34-20;1-5(2,3)6-4/h1-3,11-14,16,18,34,36H,4-10,15,17H2,(H-,32,42,44,45);1-4H3/p+1. The van der Waals surface area contributed by atoms with Crippen molar-refractivity contribution in [1.82, 2.24) is 45.5 Å². The van der Waals surface area contributed by atoms with E-state index in [1.54, 1.807) is 40.1 Å². The molecule has 270 valence electrons. The number of quaternary nitrogens is 1. The number of rotatable bonds is 9. The highest BCUT2D eigenvalue weighted by Gasteiger charge is 2.46. The Balaban J connectivity index is 0.000000689. The molecule has 4 aliphatic rings. The van der Waals surface area contributed by atoms with Gasteiger partial charge in [0, 0.05) is 48.4 Å². The summed E-state index contributed by atoms with van der Waals surface area (Å²) in [7, 11) is 1.71. The van der Waals surface area contributed by atoms with Crippen molar-refractivity contribution >= 4 is 45.9 Å². The predicted molar refractivity (Wildman–Crippen MR) is 186 cm³/mol. The number of nitrogens with zero attached hydrogens (tertiary/aromatic N) is 6. The summed E-state index contributed by atoms with van der Waals surface area (Å²) in [6, 6.07) is 8.62. The number of carbonyl (C=O) groups is 4. The highest BCUT2D eigenvalue weighted by atomic mass is 19.1. The Bertz CT molecular complexity index is 2020. The highest BCUT2D eigenvalue weighted by Crippen LogP contribution is 2.42. The number of aldehydes is 1. The number of hydrogen-bond donors (Lipinski definition) is 4. The molecule has 2 aromatic carbocycles. The molecule has 8 rings (SSSR count). The molecule has 6 heterocycles. The van der Waals surface area contributed by atoms with E-state index in [2.05, 4.69) is 21.4 Å². The molecule has 4 aromatic rings. The van der Waals surface area contributed by atoms with Gasteiger partial charge in [0.25, 0.3) is 0 Å². The third-order valence-corrected chi connectivity index (χ3v) is 9.52. The van der Waals surface area contributed by atoms with E-state index in [-0.39, 0.29) is 60.4 Å². The number of hydrazine groups is 2. The van der Waals surface area contributed by atoms with Crippen LogP contribution in [-0.4, -0.2) is 92.7 Å². The lowest BCUT2D eigenvalue weighted by molar-refractivity contribution is -0.145. The van der Waals surface area contributed by atoms with Crippen LogP contribution in [0.1, 0.15) is 58.1 Å². The fraction of sp³-hybridized carbons (Fsp3) is 0.429. The van der Waals surface area contributed by atoms with Crippen LogP contribution >= 0.6 is 0 Å². The monoisotopic (exact) mass is 704 g/mol. The first-order chi connectivity index (χ1) is 24.3. The molecule has 1 saturated heterocycles. The Kier molecular flexibility index (Phi) is 9.92. The van der Waals surface area contributed by atoms with E-state index in [0.29, 0.717) is 59.2 Å². The van der Waals surface area contributed by atoms with Gasteiger partial charge in [-0.3, -0.25) is 19.3 Å². The molecule has 4 aliphatic heterocycles. The first kappa shape index (κ1) is 35.6. The number of carbonyl (C=O) groups excluding carboxylic acids is 3. The lowest BCUT2D eigenvalue weighted by Crippen LogP contribution is -2.65. The number of fused-ring (bicyclic) bond motifs is 2. The van der Waals surface area contributed by atoms with Crippen molar-refractivity contribution in [3.63, 3.8) is 0 Å². The van der Waals surface area contributed by atoms with Gasteiger partial charge in [0.05, 0.1) is 54.6 Å². The van der Waals surface area contributed by atoms with E-state index >= 15 is 4.39 Å². The second kappa shape index (κ2) is 14.2. The van der Waals surface area contributed by atoms with Gasteiger partial charge in [-0.2, -0.15) is 5.10 Å². The minimum absolute atomic E-state index is 0.0417. The molecule has 0 radical (unpaired) electrons. The average molecular weight is 705 g/mol. The number of aliphatic carboxylic acids is 1. The van der Waals surface area contributed by atoms with Gasteiger partial charge < -0.3 is 25.4 Å². The second-order valence-corrected chi connectivity index (χ2v) is 13.9. The van der Waals surface area contributed by atoms with Gasteiger partial charge >= 0.3 is 11.9 Å². The normalized spacial score (nSPS) is 19.3. The molecule has 0 atom stereocenters. The SMILES string of the molecule is COC(C)(C)C.O=CCN1C=C(CNC(=O)Cn2nc3c4c(cccc42)-c2cc4c(cnn4[N+]4(C(=O)CCC(=O)O)CCC3CC4)cc2F)NN1. The van der Waals surface area contributed by atoms with Crippen molar-refractivity contribution in [2.75, 3.05) is 33.3 Å². The zero-order valence-electron chi connectivity index (χ0n) is 29.1. The summed E-state index contributed by atoms with van der Waals surface area (Å²) in [5.74, 6) is -2.14.